The molecule has 0 bridgehead atoms. The number of nitrogens with zero attached hydrogens (tertiary/aromatic N) is 1. The van der Waals surface area contributed by atoms with Crippen LogP contribution in [0.2, 0.25) is 0 Å². The predicted octanol–water partition coefficient (Wildman–Crippen LogP) is 0.492. The topological polar surface area (TPSA) is 110 Å². The number of fused-ring (bicyclic) bond motifs is 2. The van der Waals surface area contributed by atoms with E-state index in [1.165, 1.54) is 16.7 Å². The number of carboxylic acids is 1. The van der Waals surface area contributed by atoms with Gasteiger partial charge in [-0.15, -0.1) is 11.8 Å². The van der Waals surface area contributed by atoms with Gasteiger partial charge in [-0.2, -0.15) is 0 Å². The van der Waals surface area contributed by atoms with Crippen LogP contribution in [0.3, 0.4) is 0 Å². The first-order chi connectivity index (χ1) is 11.7. The number of aliphatic carboxylic acids is 1. The van der Waals surface area contributed by atoms with Crippen LogP contribution in [0.1, 0.15) is 27.7 Å². The Bertz CT molecular complexity index is 637. The van der Waals surface area contributed by atoms with Gasteiger partial charge in [-0.25, -0.2) is 4.79 Å². The Morgan fingerprint density at radius 2 is 1.60 bits per heavy atom. The summed E-state index contributed by atoms with van der Waals surface area (Å²) in [7, 11) is 0. The SMILES string of the molecule is CCOC(=O)[C@H]1[C@H](C(=O)OCC)C12C(=O)N1[C@@H](C(=O)O)C(C)(C)S[C@@H]12. The van der Waals surface area contributed by atoms with Crippen molar-refractivity contribution < 1.29 is 33.8 Å². The number of carbonyl (C=O) groups excluding carboxylic acids is 3. The van der Waals surface area contributed by atoms with E-state index < -0.39 is 57.2 Å². The number of thioether (sulfide) groups is 1. The molecule has 3 rings (SSSR count). The number of β-lactam (4-membered cyclic amide) rings is 1. The third-order valence-electron chi connectivity index (χ3n) is 5.19. The Morgan fingerprint density at radius 1 is 1.12 bits per heavy atom. The third-order valence-corrected chi connectivity index (χ3v) is 6.86. The van der Waals surface area contributed by atoms with Gasteiger partial charge in [0.2, 0.25) is 5.91 Å². The van der Waals surface area contributed by atoms with E-state index >= 15 is 0 Å². The van der Waals surface area contributed by atoms with Crippen molar-refractivity contribution in [3.63, 3.8) is 0 Å². The van der Waals surface area contributed by atoms with E-state index in [1.54, 1.807) is 27.7 Å². The van der Waals surface area contributed by atoms with Crippen molar-refractivity contribution >= 4 is 35.6 Å². The van der Waals surface area contributed by atoms with Gasteiger partial charge in [0.25, 0.3) is 0 Å². The summed E-state index contributed by atoms with van der Waals surface area (Å²) in [5, 5.41) is 8.97. The van der Waals surface area contributed by atoms with Crippen LogP contribution in [-0.4, -0.2) is 63.2 Å². The smallest absolute Gasteiger partial charge is 0.327 e. The van der Waals surface area contributed by atoms with Crippen molar-refractivity contribution in [2.45, 2.75) is 43.9 Å². The number of rotatable bonds is 5. The molecule has 3 fully saturated rings. The molecule has 25 heavy (non-hydrogen) atoms. The quantitative estimate of drug-likeness (QED) is 0.549. The molecule has 1 spiro atoms. The summed E-state index contributed by atoms with van der Waals surface area (Å²) in [6.45, 7) is 7.07. The van der Waals surface area contributed by atoms with E-state index in [1.807, 2.05) is 0 Å². The largest absolute Gasteiger partial charge is 0.480 e. The van der Waals surface area contributed by atoms with Gasteiger partial charge in [0, 0.05) is 4.75 Å². The monoisotopic (exact) mass is 371 g/mol. The normalized spacial score (nSPS) is 37.3. The zero-order valence-electron chi connectivity index (χ0n) is 14.5. The number of carboxylic acid groups (broad SMARTS) is 1. The summed E-state index contributed by atoms with van der Waals surface area (Å²) in [6, 6.07) is -0.994. The number of esters is 2. The number of hydrogen-bond donors (Lipinski definition) is 1. The second-order valence-electron chi connectivity index (χ2n) is 6.92. The number of carbonyl (C=O) groups is 4. The highest BCUT2D eigenvalue weighted by molar-refractivity contribution is 8.01. The Labute approximate surface area is 149 Å². The summed E-state index contributed by atoms with van der Waals surface area (Å²) >= 11 is 1.31. The molecule has 3 aliphatic rings. The van der Waals surface area contributed by atoms with Crippen LogP contribution >= 0.6 is 11.8 Å². The molecule has 2 saturated heterocycles. The average Bonchev–Trinajstić information content (AvgIpc) is 3.17. The lowest BCUT2D eigenvalue weighted by atomic mass is 9.86. The molecule has 0 unspecified atom stereocenters. The van der Waals surface area contributed by atoms with Gasteiger partial charge in [0.15, 0.2) is 0 Å². The summed E-state index contributed by atoms with van der Waals surface area (Å²) in [5.41, 5.74) is -1.23. The van der Waals surface area contributed by atoms with Crippen LogP contribution in [0.25, 0.3) is 0 Å². The lowest BCUT2D eigenvalue weighted by Crippen LogP contribution is -2.65. The average molecular weight is 371 g/mol. The highest BCUT2D eigenvalue weighted by atomic mass is 32.2. The molecular formula is C16H21NO7S. The zero-order valence-corrected chi connectivity index (χ0v) is 15.3. The fourth-order valence-corrected chi connectivity index (χ4v) is 6.06. The van der Waals surface area contributed by atoms with Gasteiger partial charge < -0.3 is 19.5 Å². The minimum absolute atomic E-state index is 0.139. The van der Waals surface area contributed by atoms with Crippen molar-refractivity contribution in [3.05, 3.63) is 0 Å². The van der Waals surface area contributed by atoms with Gasteiger partial charge in [0.1, 0.15) is 11.5 Å². The molecular weight excluding hydrogens is 350 g/mol. The first-order valence-corrected chi connectivity index (χ1v) is 9.10. The van der Waals surface area contributed by atoms with E-state index in [9.17, 15) is 24.3 Å². The van der Waals surface area contributed by atoms with Crippen LogP contribution in [0.4, 0.5) is 0 Å². The fraction of sp³-hybridized carbons (Fsp3) is 0.750. The Balaban J connectivity index is 1.95. The molecule has 8 nitrogen and oxygen atoms in total. The first kappa shape index (κ1) is 18.0. The van der Waals surface area contributed by atoms with E-state index in [2.05, 4.69) is 0 Å². The molecule has 4 atom stereocenters. The molecule has 9 heteroatoms. The minimum Gasteiger partial charge on any atom is -0.480 e. The van der Waals surface area contributed by atoms with E-state index in [4.69, 9.17) is 9.47 Å². The summed E-state index contributed by atoms with van der Waals surface area (Å²) in [5.74, 6) is -4.59. The van der Waals surface area contributed by atoms with Gasteiger partial charge in [-0.1, -0.05) is 0 Å². The zero-order chi connectivity index (χ0) is 18.7. The summed E-state index contributed by atoms with van der Waals surface area (Å²) in [4.78, 5) is 50.5. The maximum absolute atomic E-state index is 12.9. The third kappa shape index (κ3) is 2.14. The lowest BCUT2D eigenvalue weighted by Gasteiger charge is -2.45. The molecule has 0 aromatic heterocycles. The van der Waals surface area contributed by atoms with Gasteiger partial charge in [-0.3, -0.25) is 14.4 Å². The molecule has 1 saturated carbocycles. The molecule has 2 aliphatic heterocycles. The summed E-state index contributed by atoms with van der Waals surface area (Å²) < 4.78 is 9.35. The molecule has 1 N–H and O–H groups in total. The molecule has 1 aliphatic carbocycles. The van der Waals surface area contributed by atoms with Crippen molar-refractivity contribution in [2.24, 2.45) is 17.3 Å². The van der Waals surface area contributed by atoms with E-state index in [0.717, 1.165) is 0 Å². The highest BCUT2D eigenvalue weighted by Gasteiger charge is 2.90. The second-order valence-corrected chi connectivity index (χ2v) is 8.65. The lowest BCUT2D eigenvalue weighted by molar-refractivity contribution is -0.170. The second kappa shape index (κ2) is 5.62. The van der Waals surface area contributed by atoms with Crippen LogP contribution < -0.4 is 0 Å². The maximum Gasteiger partial charge on any atom is 0.327 e. The Morgan fingerprint density at radius 3 is 2.00 bits per heavy atom. The highest BCUT2D eigenvalue weighted by Crippen LogP contribution is 2.75. The van der Waals surface area contributed by atoms with Crippen molar-refractivity contribution in [2.75, 3.05) is 13.2 Å². The molecule has 2 heterocycles. The standard InChI is InChI=1S/C16H21NO7S/c1-5-23-11(20)7-8(12(21)24-6-2)16(7)13(22)17-9(10(18)19)15(3,4)25-14(16)17/h7-9,14H,5-6H2,1-4H3,(H,18,19)/t7-,8-,9+,14-/m1/s1. The van der Waals surface area contributed by atoms with Crippen LogP contribution in [-0.2, 0) is 28.7 Å². The van der Waals surface area contributed by atoms with Crippen molar-refractivity contribution in [1.82, 2.24) is 4.90 Å². The first-order valence-electron chi connectivity index (χ1n) is 8.22. The van der Waals surface area contributed by atoms with Gasteiger partial charge in [0.05, 0.1) is 30.4 Å². The van der Waals surface area contributed by atoms with Crippen molar-refractivity contribution in [1.29, 1.82) is 0 Å². The number of ether oxygens (including phenoxy) is 2. The molecule has 138 valence electrons. The molecule has 1 amide bonds. The summed E-state index contributed by atoms with van der Waals surface area (Å²) in [6.07, 6.45) is 0. The predicted molar refractivity (Wildman–Crippen MR) is 86.4 cm³/mol. The molecule has 0 aromatic carbocycles. The number of hydrogen-bond acceptors (Lipinski definition) is 7. The van der Waals surface area contributed by atoms with Crippen molar-refractivity contribution in [3.8, 4) is 0 Å². The van der Waals surface area contributed by atoms with Gasteiger partial charge in [-0.05, 0) is 27.7 Å². The van der Waals surface area contributed by atoms with Crippen LogP contribution in [0.15, 0.2) is 0 Å². The molecule has 0 aromatic rings. The minimum atomic E-state index is -1.23. The van der Waals surface area contributed by atoms with Crippen LogP contribution in [0, 0.1) is 17.3 Å². The fourth-order valence-electron chi connectivity index (χ4n) is 4.22. The Hall–Kier alpha value is -1.77. The number of amides is 1. The van der Waals surface area contributed by atoms with E-state index in [0.29, 0.717) is 0 Å². The maximum atomic E-state index is 12.9. The van der Waals surface area contributed by atoms with E-state index in [-0.39, 0.29) is 13.2 Å². The van der Waals surface area contributed by atoms with Gasteiger partial charge >= 0.3 is 17.9 Å². The Kier molecular flexibility index (Phi) is 4.05. The van der Waals surface area contributed by atoms with Crippen LogP contribution in [0.5, 0.6) is 0 Å². The molecule has 0 radical (unpaired) electrons.